The molecule has 5 heteroatoms. The van der Waals surface area contributed by atoms with E-state index in [2.05, 4.69) is 0 Å². The van der Waals surface area contributed by atoms with Crippen LogP contribution in [0, 0.1) is 17.3 Å². The molecule has 1 N–H and O–H groups in total. The van der Waals surface area contributed by atoms with Crippen molar-refractivity contribution in [1.82, 2.24) is 0 Å². The zero-order valence-corrected chi connectivity index (χ0v) is 12.4. The van der Waals surface area contributed by atoms with E-state index in [1.54, 1.807) is 13.8 Å². The number of esters is 1. The van der Waals surface area contributed by atoms with E-state index in [0.29, 0.717) is 6.42 Å². The first-order chi connectivity index (χ1) is 9.09. The number of carbonyl (C=O) groups excluding carboxylic acids is 1. The number of hydrogen-bond donors (Lipinski definition) is 1. The zero-order valence-electron chi connectivity index (χ0n) is 12.4. The van der Waals surface area contributed by atoms with Crippen molar-refractivity contribution < 1.29 is 24.2 Å². The van der Waals surface area contributed by atoms with Gasteiger partial charge in [-0.15, -0.1) is 0 Å². The molecule has 3 aliphatic rings. The number of cyclic esters (lactones) is 1. The number of rotatable bonds is 3. The lowest BCUT2D eigenvalue weighted by Crippen LogP contribution is -2.46. The summed E-state index contributed by atoms with van der Waals surface area (Å²) < 4.78 is 11.7. The molecular weight excluding hydrogens is 260 g/mol. The molecule has 0 radical (unpaired) electrons. The molecule has 0 unspecified atom stereocenters. The second kappa shape index (κ2) is 3.75. The van der Waals surface area contributed by atoms with Gasteiger partial charge in [0.1, 0.15) is 5.60 Å². The summed E-state index contributed by atoms with van der Waals surface area (Å²) in [5.74, 6) is -1.33. The summed E-state index contributed by atoms with van der Waals surface area (Å²) in [6, 6.07) is 0. The molecular formula is C15H22O5. The lowest BCUT2D eigenvalue weighted by molar-refractivity contribution is -0.163. The highest BCUT2D eigenvalue weighted by atomic mass is 16.6. The highest BCUT2D eigenvalue weighted by Crippen LogP contribution is 2.61. The first-order valence-electron chi connectivity index (χ1n) is 7.23. The fourth-order valence-electron chi connectivity index (χ4n) is 4.49. The van der Waals surface area contributed by atoms with Crippen molar-refractivity contribution in [2.45, 2.75) is 64.3 Å². The Labute approximate surface area is 118 Å². The Morgan fingerprint density at radius 2 is 2.10 bits per heavy atom. The van der Waals surface area contributed by atoms with Gasteiger partial charge in [-0.3, -0.25) is 9.59 Å². The largest absolute Gasteiger partial charge is 0.481 e. The van der Waals surface area contributed by atoms with Crippen LogP contribution in [0.3, 0.4) is 0 Å². The number of carboxylic acids is 1. The number of carbonyl (C=O) groups is 2. The van der Waals surface area contributed by atoms with Crippen LogP contribution in [0.5, 0.6) is 0 Å². The van der Waals surface area contributed by atoms with Crippen LogP contribution in [-0.4, -0.2) is 34.4 Å². The van der Waals surface area contributed by atoms with Crippen LogP contribution in [0.2, 0.25) is 0 Å². The van der Waals surface area contributed by atoms with Crippen molar-refractivity contribution >= 4 is 11.9 Å². The number of carboxylic acid groups (broad SMARTS) is 1. The predicted molar refractivity (Wildman–Crippen MR) is 70.0 cm³/mol. The SMILES string of the molecule is CC(C)(C[C@@]12CC[C@@H](O1)[C@@H]1[C@H]2C(=O)OC1(C)C)C(=O)O. The normalized spacial score (nSPS) is 41.6. The first kappa shape index (κ1) is 13.9. The van der Waals surface area contributed by atoms with Gasteiger partial charge in [0, 0.05) is 5.92 Å². The van der Waals surface area contributed by atoms with Crippen LogP contribution in [-0.2, 0) is 19.1 Å². The fraction of sp³-hybridized carbons (Fsp3) is 0.867. The highest BCUT2D eigenvalue weighted by molar-refractivity contribution is 5.79. The van der Waals surface area contributed by atoms with E-state index >= 15 is 0 Å². The molecule has 3 aliphatic heterocycles. The van der Waals surface area contributed by atoms with Gasteiger partial charge in [-0.05, 0) is 47.0 Å². The molecule has 3 heterocycles. The molecule has 3 fully saturated rings. The number of aliphatic carboxylic acids is 1. The lowest BCUT2D eigenvalue weighted by atomic mass is 9.64. The molecule has 0 spiro atoms. The second-order valence-electron chi connectivity index (χ2n) is 7.65. The van der Waals surface area contributed by atoms with E-state index in [9.17, 15) is 14.7 Å². The fourth-order valence-corrected chi connectivity index (χ4v) is 4.49. The molecule has 0 aromatic carbocycles. The Morgan fingerprint density at radius 1 is 1.45 bits per heavy atom. The second-order valence-corrected chi connectivity index (χ2v) is 7.65. The van der Waals surface area contributed by atoms with Crippen LogP contribution in [0.25, 0.3) is 0 Å². The molecule has 0 aromatic heterocycles. The maximum absolute atomic E-state index is 12.3. The molecule has 20 heavy (non-hydrogen) atoms. The smallest absolute Gasteiger partial charge is 0.312 e. The van der Waals surface area contributed by atoms with E-state index in [4.69, 9.17) is 9.47 Å². The number of ether oxygens (including phenoxy) is 2. The molecule has 0 saturated carbocycles. The molecule has 0 amide bonds. The maximum atomic E-state index is 12.3. The van der Waals surface area contributed by atoms with Gasteiger partial charge in [0.2, 0.25) is 0 Å². The van der Waals surface area contributed by atoms with E-state index in [-0.39, 0.29) is 23.9 Å². The van der Waals surface area contributed by atoms with Crippen molar-refractivity contribution in [2.24, 2.45) is 17.3 Å². The van der Waals surface area contributed by atoms with Crippen LogP contribution in [0.15, 0.2) is 0 Å². The summed E-state index contributed by atoms with van der Waals surface area (Å²) in [7, 11) is 0. The van der Waals surface area contributed by atoms with Crippen LogP contribution in [0.4, 0.5) is 0 Å². The van der Waals surface area contributed by atoms with Gasteiger partial charge >= 0.3 is 11.9 Å². The Morgan fingerprint density at radius 3 is 2.70 bits per heavy atom. The van der Waals surface area contributed by atoms with E-state index in [1.165, 1.54) is 0 Å². The van der Waals surface area contributed by atoms with Gasteiger partial charge in [0.15, 0.2) is 0 Å². The van der Waals surface area contributed by atoms with E-state index in [0.717, 1.165) is 12.8 Å². The van der Waals surface area contributed by atoms with Crippen molar-refractivity contribution in [2.75, 3.05) is 0 Å². The van der Waals surface area contributed by atoms with Gasteiger partial charge < -0.3 is 14.6 Å². The Balaban J connectivity index is 1.95. The van der Waals surface area contributed by atoms with Gasteiger partial charge in [-0.25, -0.2) is 0 Å². The van der Waals surface area contributed by atoms with Gasteiger partial charge in [0.25, 0.3) is 0 Å². The molecule has 4 atom stereocenters. The third kappa shape index (κ3) is 1.65. The van der Waals surface area contributed by atoms with Gasteiger partial charge in [-0.1, -0.05) is 0 Å². The van der Waals surface area contributed by atoms with Crippen LogP contribution >= 0.6 is 0 Å². The number of fused-ring (bicyclic) bond motifs is 5. The minimum absolute atomic E-state index is 0.0195. The summed E-state index contributed by atoms with van der Waals surface area (Å²) in [6.07, 6.45) is 2.02. The number of hydrogen-bond acceptors (Lipinski definition) is 4. The molecule has 112 valence electrons. The summed E-state index contributed by atoms with van der Waals surface area (Å²) in [5, 5.41) is 9.36. The topological polar surface area (TPSA) is 72.8 Å². The Hall–Kier alpha value is -1.10. The molecule has 3 saturated heterocycles. The standard InChI is InChI=1S/C15H22O5/c1-13(2,12(17)18)7-15-6-5-8(19-15)9-10(15)11(16)20-14(9,3)4/h8-10H,5-7H2,1-4H3,(H,17,18)/t8-,9-,10+,15-/m1/s1. The zero-order chi connectivity index (χ0) is 14.9. The first-order valence-corrected chi connectivity index (χ1v) is 7.23. The molecule has 3 rings (SSSR count). The monoisotopic (exact) mass is 282 g/mol. The summed E-state index contributed by atoms with van der Waals surface area (Å²) in [6.45, 7) is 7.24. The lowest BCUT2D eigenvalue weighted by Gasteiger charge is -2.36. The average molecular weight is 282 g/mol. The van der Waals surface area contributed by atoms with Gasteiger partial charge in [-0.2, -0.15) is 0 Å². The highest BCUT2D eigenvalue weighted by Gasteiger charge is 2.71. The molecule has 5 nitrogen and oxygen atoms in total. The molecule has 0 aliphatic carbocycles. The van der Waals surface area contributed by atoms with Crippen molar-refractivity contribution in [3.63, 3.8) is 0 Å². The quantitative estimate of drug-likeness (QED) is 0.801. The van der Waals surface area contributed by atoms with Crippen LogP contribution < -0.4 is 0 Å². The van der Waals surface area contributed by atoms with Crippen molar-refractivity contribution in [1.29, 1.82) is 0 Å². The van der Waals surface area contributed by atoms with Gasteiger partial charge in [0.05, 0.1) is 23.0 Å². The average Bonchev–Trinajstić information content (AvgIpc) is 2.88. The summed E-state index contributed by atoms with van der Waals surface area (Å²) in [4.78, 5) is 23.7. The maximum Gasteiger partial charge on any atom is 0.312 e. The van der Waals surface area contributed by atoms with Crippen molar-refractivity contribution in [3.8, 4) is 0 Å². The van der Waals surface area contributed by atoms with E-state index < -0.39 is 22.6 Å². The Kier molecular flexibility index (Phi) is 2.60. The summed E-state index contributed by atoms with van der Waals surface area (Å²) >= 11 is 0. The minimum atomic E-state index is -0.906. The third-order valence-corrected chi connectivity index (χ3v) is 5.31. The minimum Gasteiger partial charge on any atom is -0.481 e. The predicted octanol–water partition coefficient (Wildman–Crippen LogP) is 1.99. The molecule has 2 bridgehead atoms. The Bertz CT molecular complexity index is 481. The third-order valence-electron chi connectivity index (χ3n) is 5.31. The van der Waals surface area contributed by atoms with Crippen molar-refractivity contribution in [3.05, 3.63) is 0 Å². The van der Waals surface area contributed by atoms with Crippen LogP contribution in [0.1, 0.15) is 47.0 Å². The summed E-state index contributed by atoms with van der Waals surface area (Å²) in [5.41, 5.74) is -2.07. The molecule has 0 aromatic rings. The van der Waals surface area contributed by atoms with E-state index in [1.807, 2.05) is 13.8 Å².